The van der Waals surface area contributed by atoms with Crippen LogP contribution in [0.5, 0.6) is 23.0 Å². The average molecular weight is 589 g/mol. The molecule has 0 saturated heterocycles. The van der Waals surface area contributed by atoms with Crippen molar-refractivity contribution in [2.75, 3.05) is 36.2 Å². The van der Waals surface area contributed by atoms with Crippen LogP contribution in [0.3, 0.4) is 0 Å². The third kappa shape index (κ3) is 12.0. The first-order chi connectivity index (χ1) is 19.6. The molecule has 1 saturated carbocycles. The minimum absolute atomic E-state index is 0.211. The fraction of sp³-hybridized carbons (Fsp3) is 0.562. The van der Waals surface area contributed by atoms with Gasteiger partial charge in [-0.15, -0.1) is 0 Å². The Morgan fingerprint density at radius 3 is 1.30 bits per heavy atom. The van der Waals surface area contributed by atoms with Gasteiger partial charge in [0.25, 0.3) is 0 Å². The van der Waals surface area contributed by atoms with Gasteiger partial charge in [-0.3, -0.25) is 9.59 Å². The number of benzene rings is 2. The van der Waals surface area contributed by atoms with Crippen LogP contribution in [0.1, 0.15) is 65.2 Å². The van der Waals surface area contributed by atoms with Crippen molar-refractivity contribution in [3.05, 3.63) is 48.5 Å². The van der Waals surface area contributed by atoms with Gasteiger partial charge in [-0.1, -0.05) is 26.7 Å². The molecule has 8 heteroatoms. The molecule has 0 bridgehead atoms. The van der Waals surface area contributed by atoms with Crippen molar-refractivity contribution in [1.29, 1.82) is 0 Å². The lowest BCUT2D eigenvalue weighted by Gasteiger charge is -2.25. The number of hydrogen-bond acceptors (Lipinski definition) is 8. The van der Waals surface area contributed by atoms with Crippen molar-refractivity contribution >= 4 is 35.5 Å². The zero-order valence-electron chi connectivity index (χ0n) is 23.9. The Bertz CT molecular complexity index is 906. The zero-order valence-corrected chi connectivity index (χ0v) is 25.6. The highest BCUT2D eigenvalue weighted by Crippen LogP contribution is 2.32. The Hall–Kier alpha value is -2.32. The first-order valence-corrected chi connectivity index (χ1v) is 16.9. The maximum absolute atomic E-state index is 12.7. The molecule has 1 aliphatic carbocycles. The molecule has 6 nitrogen and oxygen atoms in total. The van der Waals surface area contributed by atoms with E-state index < -0.39 is 0 Å². The number of rotatable bonds is 18. The lowest BCUT2D eigenvalue weighted by atomic mass is 9.82. The van der Waals surface area contributed by atoms with Crippen molar-refractivity contribution in [3.8, 4) is 23.0 Å². The summed E-state index contributed by atoms with van der Waals surface area (Å²) < 4.78 is 22.7. The van der Waals surface area contributed by atoms with Gasteiger partial charge >= 0.3 is 11.9 Å². The van der Waals surface area contributed by atoms with E-state index in [0.717, 1.165) is 23.0 Å². The molecule has 0 spiro atoms. The molecule has 1 aliphatic rings. The fourth-order valence-corrected chi connectivity index (χ4v) is 6.10. The second kappa shape index (κ2) is 18.9. The molecule has 1 fully saturated rings. The topological polar surface area (TPSA) is 71.1 Å². The lowest BCUT2D eigenvalue weighted by Crippen LogP contribution is -2.30. The Kier molecular flexibility index (Phi) is 15.2. The molecule has 0 atom stereocenters. The number of unbranched alkanes of at least 4 members (excludes halogenated alkanes) is 2. The molecule has 40 heavy (non-hydrogen) atoms. The standard InChI is InChI=1S/C32H44O6S2/c1-3-5-21-39-23-19-35-27-11-15-29(16-12-27)37-31(33)25-7-9-26(10-8-25)32(34)38-30-17-13-28(14-18-30)36-20-24-40-22-6-4-2/h11-18,25-26H,3-10,19-24H2,1-2H3. The second-order valence-corrected chi connectivity index (χ2v) is 12.4. The minimum atomic E-state index is -0.243. The molecule has 0 amide bonds. The highest BCUT2D eigenvalue weighted by atomic mass is 32.2. The van der Waals surface area contributed by atoms with E-state index in [4.69, 9.17) is 18.9 Å². The minimum Gasteiger partial charge on any atom is -0.493 e. The van der Waals surface area contributed by atoms with Gasteiger partial charge in [0, 0.05) is 11.5 Å². The summed E-state index contributed by atoms with van der Waals surface area (Å²) in [6, 6.07) is 14.4. The van der Waals surface area contributed by atoms with Gasteiger partial charge in [-0.05, 0) is 98.6 Å². The molecular formula is C32H44O6S2. The lowest BCUT2D eigenvalue weighted by molar-refractivity contribution is -0.145. The quantitative estimate of drug-likeness (QED) is 0.0991. The van der Waals surface area contributed by atoms with Crippen LogP contribution in [0.2, 0.25) is 0 Å². The molecule has 0 unspecified atom stereocenters. The Labute approximate surface area is 248 Å². The van der Waals surface area contributed by atoms with Crippen molar-refractivity contribution in [2.45, 2.75) is 65.2 Å². The van der Waals surface area contributed by atoms with E-state index in [1.807, 2.05) is 47.8 Å². The van der Waals surface area contributed by atoms with Crippen molar-refractivity contribution in [1.82, 2.24) is 0 Å². The van der Waals surface area contributed by atoms with E-state index in [1.165, 1.54) is 37.2 Å². The van der Waals surface area contributed by atoms with Crippen LogP contribution in [0.25, 0.3) is 0 Å². The highest BCUT2D eigenvalue weighted by molar-refractivity contribution is 7.99. The first-order valence-electron chi connectivity index (χ1n) is 14.6. The van der Waals surface area contributed by atoms with Crippen LogP contribution in [0.4, 0.5) is 0 Å². The monoisotopic (exact) mass is 588 g/mol. The SMILES string of the molecule is CCCCSCCOc1ccc(OC(=O)C2CCC(C(=O)Oc3ccc(OCCSCCCC)cc3)CC2)cc1. The van der Waals surface area contributed by atoms with E-state index >= 15 is 0 Å². The maximum atomic E-state index is 12.7. The van der Waals surface area contributed by atoms with E-state index in [1.54, 1.807) is 24.3 Å². The van der Waals surface area contributed by atoms with Gasteiger partial charge in [-0.2, -0.15) is 23.5 Å². The highest BCUT2D eigenvalue weighted by Gasteiger charge is 2.32. The van der Waals surface area contributed by atoms with Crippen LogP contribution < -0.4 is 18.9 Å². The van der Waals surface area contributed by atoms with Gasteiger partial charge < -0.3 is 18.9 Å². The van der Waals surface area contributed by atoms with Gasteiger partial charge in [0.15, 0.2) is 0 Å². The molecule has 0 aliphatic heterocycles. The van der Waals surface area contributed by atoms with E-state index in [0.29, 0.717) is 50.4 Å². The molecule has 0 radical (unpaired) electrons. The van der Waals surface area contributed by atoms with Crippen LogP contribution in [-0.4, -0.2) is 48.2 Å². The normalized spacial score (nSPS) is 16.8. The molecule has 2 aromatic rings. The number of ether oxygens (including phenoxy) is 4. The average Bonchev–Trinajstić information content (AvgIpc) is 2.98. The smallest absolute Gasteiger partial charge is 0.314 e. The predicted molar refractivity (Wildman–Crippen MR) is 165 cm³/mol. The van der Waals surface area contributed by atoms with Gasteiger partial charge in [-0.25, -0.2) is 0 Å². The summed E-state index contributed by atoms with van der Waals surface area (Å²) in [7, 11) is 0. The van der Waals surface area contributed by atoms with Gasteiger partial charge in [0.05, 0.1) is 25.0 Å². The zero-order chi connectivity index (χ0) is 28.4. The fourth-order valence-electron chi connectivity index (χ4n) is 4.31. The van der Waals surface area contributed by atoms with Crippen LogP contribution >= 0.6 is 23.5 Å². The summed E-state index contributed by atoms with van der Waals surface area (Å²) in [6.07, 6.45) is 7.34. The molecular weight excluding hydrogens is 544 g/mol. The number of hydrogen-bond donors (Lipinski definition) is 0. The Morgan fingerprint density at radius 2 is 0.950 bits per heavy atom. The molecule has 3 rings (SSSR count). The van der Waals surface area contributed by atoms with Crippen molar-refractivity contribution in [3.63, 3.8) is 0 Å². The molecule has 2 aromatic carbocycles. The summed E-state index contributed by atoms with van der Waals surface area (Å²) in [5.41, 5.74) is 0. The summed E-state index contributed by atoms with van der Waals surface area (Å²) in [5.74, 6) is 5.92. The Morgan fingerprint density at radius 1 is 0.600 bits per heavy atom. The number of carbonyl (C=O) groups excluding carboxylic acids is 2. The third-order valence-electron chi connectivity index (χ3n) is 6.76. The summed E-state index contributed by atoms with van der Waals surface area (Å²) >= 11 is 3.81. The van der Waals surface area contributed by atoms with E-state index in [-0.39, 0.29) is 23.8 Å². The van der Waals surface area contributed by atoms with Gasteiger partial charge in [0.2, 0.25) is 0 Å². The number of carbonyl (C=O) groups is 2. The van der Waals surface area contributed by atoms with Crippen molar-refractivity contribution in [2.24, 2.45) is 11.8 Å². The first kappa shape index (κ1) is 32.2. The Balaban J connectivity index is 1.32. The summed E-state index contributed by atoms with van der Waals surface area (Å²) in [6.45, 7) is 5.72. The molecule has 0 aromatic heterocycles. The number of thioether (sulfide) groups is 2. The predicted octanol–water partition coefficient (Wildman–Crippen LogP) is 7.83. The van der Waals surface area contributed by atoms with E-state index in [9.17, 15) is 9.59 Å². The maximum Gasteiger partial charge on any atom is 0.314 e. The third-order valence-corrected chi connectivity index (χ3v) is 8.82. The van der Waals surface area contributed by atoms with E-state index in [2.05, 4.69) is 13.8 Å². The van der Waals surface area contributed by atoms with Crippen LogP contribution in [0.15, 0.2) is 48.5 Å². The largest absolute Gasteiger partial charge is 0.493 e. The summed E-state index contributed by atoms with van der Waals surface area (Å²) in [4.78, 5) is 25.4. The van der Waals surface area contributed by atoms with Crippen LogP contribution in [-0.2, 0) is 9.59 Å². The van der Waals surface area contributed by atoms with Gasteiger partial charge in [0.1, 0.15) is 23.0 Å². The van der Waals surface area contributed by atoms with Crippen molar-refractivity contribution < 1.29 is 28.5 Å². The molecule has 0 N–H and O–H groups in total. The number of esters is 2. The second-order valence-electron chi connectivity index (χ2n) is 9.96. The van der Waals surface area contributed by atoms with Crippen LogP contribution in [0, 0.1) is 11.8 Å². The summed E-state index contributed by atoms with van der Waals surface area (Å²) in [5, 5.41) is 0. The molecule has 220 valence electrons. The molecule has 0 heterocycles.